The molecule has 0 bridgehead atoms. The Bertz CT molecular complexity index is 1670. The predicted octanol–water partition coefficient (Wildman–Crippen LogP) is 4.78. The van der Waals surface area contributed by atoms with E-state index in [1.165, 1.54) is 30.4 Å². The minimum absolute atomic E-state index is 0.279. The number of methoxy groups -OCH3 is 1. The average Bonchev–Trinajstić information content (AvgIpc) is 3.05. The highest BCUT2D eigenvalue weighted by Crippen LogP contribution is 2.43. The molecule has 0 saturated carbocycles. The van der Waals surface area contributed by atoms with E-state index in [-0.39, 0.29) is 17.0 Å². The molecule has 1 atom stereocenters. The van der Waals surface area contributed by atoms with Crippen LogP contribution in [0.1, 0.15) is 26.7 Å². The van der Waals surface area contributed by atoms with Crippen LogP contribution in [-0.2, 0) is 10.0 Å². The van der Waals surface area contributed by atoms with Crippen molar-refractivity contribution in [2.75, 3.05) is 80.4 Å². The van der Waals surface area contributed by atoms with Gasteiger partial charge >= 0.3 is 0 Å². The molecule has 3 aliphatic heterocycles. The summed E-state index contributed by atoms with van der Waals surface area (Å²) in [5.74, 6) is 2.02. The monoisotopic (exact) mass is 670 g/mol. The summed E-state index contributed by atoms with van der Waals surface area (Å²) in [5.41, 5.74) is 2.68. The van der Waals surface area contributed by atoms with Crippen LogP contribution in [0.25, 0.3) is 0 Å². The summed E-state index contributed by atoms with van der Waals surface area (Å²) in [4.78, 5) is 16.5. The van der Waals surface area contributed by atoms with E-state index < -0.39 is 15.3 Å². The number of sulfonamides is 1. The molecule has 2 fully saturated rings. The number of rotatable bonds is 9. The first-order valence-corrected chi connectivity index (χ1v) is 17.6. The maximum atomic E-state index is 12.9. The van der Waals surface area contributed by atoms with Gasteiger partial charge in [-0.15, -0.1) is 0 Å². The standard InChI is InChI=1S/C32H43ClN8O4S/c1-21(2)46(42,43)39(4)27-9-7-6-8-25(27)35-31-24(33)18-34-32(37-31)36-26-16-30-28(17-29(26)44-5)41-15-14-40(19-23(41)20-45-30)22-10-12-38(3)13-11-22/h6-9,16-18,21-23H,10-15,19-20H2,1-5H3,(H2,34,35,36,37)/t23-/m1/s1. The van der Waals surface area contributed by atoms with Crippen molar-refractivity contribution in [2.45, 2.75) is 44.0 Å². The van der Waals surface area contributed by atoms with Crippen LogP contribution in [0.5, 0.6) is 11.5 Å². The number of benzene rings is 2. The lowest BCUT2D eigenvalue weighted by Gasteiger charge is -2.49. The summed E-state index contributed by atoms with van der Waals surface area (Å²) in [7, 11) is 1.82. The first-order chi connectivity index (χ1) is 22.0. The molecular weight excluding hydrogens is 628 g/mol. The number of anilines is 6. The second-order valence-electron chi connectivity index (χ2n) is 12.4. The summed E-state index contributed by atoms with van der Waals surface area (Å²) in [5, 5.41) is 6.16. The molecule has 0 unspecified atom stereocenters. The Labute approximate surface area is 276 Å². The lowest BCUT2D eigenvalue weighted by molar-refractivity contribution is 0.0868. The number of halogens is 1. The molecule has 2 saturated heterocycles. The van der Waals surface area contributed by atoms with E-state index in [1.54, 1.807) is 39.2 Å². The number of hydrogen-bond donors (Lipinski definition) is 2. The van der Waals surface area contributed by atoms with Gasteiger partial charge in [0, 0.05) is 44.9 Å². The minimum atomic E-state index is -3.55. The Balaban J connectivity index is 1.20. The number of aromatic nitrogens is 2. The first-order valence-electron chi connectivity index (χ1n) is 15.7. The maximum Gasteiger partial charge on any atom is 0.237 e. The quantitative estimate of drug-likeness (QED) is 0.328. The van der Waals surface area contributed by atoms with Gasteiger partial charge in [0.1, 0.15) is 23.1 Å². The predicted molar refractivity (Wildman–Crippen MR) is 184 cm³/mol. The van der Waals surface area contributed by atoms with Gasteiger partial charge in [-0.25, -0.2) is 13.4 Å². The second-order valence-corrected chi connectivity index (χ2v) is 15.4. The van der Waals surface area contributed by atoms with Crippen molar-refractivity contribution >= 4 is 56.1 Å². The Kier molecular flexibility index (Phi) is 9.38. The molecule has 12 nitrogen and oxygen atoms in total. The third kappa shape index (κ3) is 6.51. The van der Waals surface area contributed by atoms with Crippen LogP contribution in [0.4, 0.5) is 34.5 Å². The summed E-state index contributed by atoms with van der Waals surface area (Å²) >= 11 is 6.50. The molecule has 3 aromatic rings. The van der Waals surface area contributed by atoms with E-state index >= 15 is 0 Å². The van der Waals surface area contributed by atoms with E-state index in [4.69, 9.17) is 21.1 Å². The lowest BCUT2D eigenvalue weighted by atomic mass is 10.00. The van der Waals surface area contributed by atoms with E-state index in [2.05, 4.69) is 42.3 Å². The van der Waals surface area contributed by atoms with Crippen molar-refractivity contribution in [1.82, 2.24) is 19.8 Å². The van der Waals surface area contributed by atoms with Crippen molar-refractivity contribution in [2.24, 2.45) is 0 Å². The molecule has 3 aliphatic rings. The number of piperidine rings is 1. The second kappa shape index (κ2) is 13.3. The van der Waals surface area contributed by atoms with Crippen LogP contribution >= 0.6 is 11.6 Å². The Morgan fingerprint density at radius 1 is 1.07 bits per heavy atom. The Hall–Kier alpha value is -3.52. The zero-order chi connectivity index (χ0) is 32.6. The fraction of sp³-hybridized carbons (Fsp3) is 0.500. The number of ether oxygens (including phenoxy) is 2. The van der Waals surface area contributed by atoms with Crippen LogP contribution in [0.15, 0.2) is 42.6 Å². The third-order valence-electron chi connectivity index (χ3n) is 9.20. The van der Waals surface area contributed by atoms with Crippen molar-refractivity contribution in [3.8, 4) is 11.5 Å². The Morgan fingerprint density at radius 3 is 2.57 bits per heavy atom. The average molecular weight is 671 g/mol. The molecule has 4 heterocycles. The van der Waals surface area contributed by atoms with Crippen molar-refractivity contribution in [3.05, 3.63) is 47.6 Å². The fourth-order valence-electron chi connectivity index (χ4n) is 6.44. The van der Waals surface area contributed by atoms with Gasteiger partial charge in [-0.2, -0.15) is 4.98 Å². The molecule has 14 heteroatoms. The van der Waals surface area contributed by atoms with Crippen molar-refractivity contribution < 1.29 is 17.9 Å². The van der Waals surface area contributed by atoms with Gasteiger partial charge < -0.3 is 29.9 Å². The highest BCUT2D eigenvalue weighted by molar-refractivity contribution is 7.93. The maximum absolute atomic E-state index is 12.9. The van der Waals surface area contributed by atoms with Gasteiger partial charge in [0.15, 0.2) is 5.82 Å². The number of piperazine rings is 1. The number of hydrogen-bond acceptors (Lipinski definition) is 11. The topological polar surface area (TPSA) is 115 Å². The van der Waals surface area contributed by atoms with Crippen LogP contribution in [-0.4, -0.2) is 106 Å². The van der Waals surface area contributed by atoms with E-state index in [9.17, 15) is 8.42 Å². The van der Waals surface area contributed by atoms with Gasteiger partial charge in [0.2, 0.25) is 16.0 Å². The molecule has 1 aromatic heterocycles. The summed E-state index contributed by atoms with van der Waals surface area (Å²) in [6.07, 6.45) is 3.93. The van der Waals surface area contributed by atoms with E-state index in [0.29, 0.717) is 41.3 Å². The Morgan fingerprint density at radius 2 is 1.83 bits per heavy atom. The zero-order valence-electron chi connectivity index (χ0n) is 27.0. The molecule has 0 radical (unpaired) electrons. The zero-order valence-corrected chi connectivity index (χ0v) is 28.6. The van der Waals surface area contributed by atoms with Crippen LogP contribution in [0, 0.1) is 0 Å². The fourth-order valence-corrected chi connectivity index (χ4v) is 7.65. The number of likely N-dealkylation sites (tertiary alicyclic amines) is 1. The molecule has 46 heavy (non-hydrogen) atoms. The van der Waals surface area contributed by atoms with Gasteiger partial charge in [-0.05, 0) is 59.0 Å². The minimum Gasteiger partial charge on any atom is -0.494 e. The molecule has 2 aromatic carbocycles. The smallest absolute Gasteiger partial charge is 0.237 e. The molecule has 248 valence electrons. The van der Waals surface area contributed by atoms with Crippen LogP contribution in [0.2, 0.25) is 5.02 Å². The molecule has 0 amide bonds. The molecular formula is C32H43ClN8O4S. The molecule has 6 rings (SSSR count). The highest BCUT2D eigenvalue weighted by atomic mass is 35.5. The van der Waals surface area contributed by atoms with Gasteiger partial charge in [-0.3, -0.25) is 9.21 Å². The molecule has 0 spiro atoms. The highest BCUT2D eigenvalue weighted by Gasteiger charge is 2.36. The molecule has 2 N–H and O–H groups in total. The number of nitrogens with zero attached hydrogens (tertiary/aromatic N) is 6. The van der Waals surface area contributed by atoms with Crippen LogP contribution < -0.4 is 29.3 Å². The van der Waals surface area contributed by atoms with Crippen molar-refractivity contribution in [3.63, 3.8) is 0 Å². The SMILES string of the molecule is COc1cc2c(cc1Nc1ncc(Cl)c(Nc3ccccc3N(C)S(=O)(=O)C(C)C)n1)OC[C@H]1CN(C3CCN(C)CC3)CCN21. The number of nitrogens with one attached hydrogen (secondary N) is 2. The number of para-hydroxylation sites is 2. The summed E-state index contributed by atoms with van der Waals surface area (Å²) < 4.78 is 39.2. The third-order valence-corrected chi connectivity index (χ3v) is 11.6. The first kappa shape index (κ1) is 32.4. The normalized spacial score (nSPS) is 19.3. The van der Waals surface area contributed by atoms with Crippen LogP contribution in [0.3, 0.4) is 0 Å². The van der Waals surface area contributed by atoms with Crippen molar-refractivity contribution in [1.29, 1.82) is 0 Å². The van der Waals surface area contributed by atoms with E-state index in [0.717, 1.165) is 44.2 Å². The van der Waals surface area contributed by atoms with E-state index in [1.807, 2.05) is 18.2 Å². The number of fused-ring (bicyclic) bond motifs is 3. The molecule has 0 aliphatic carbocycles. The largest absolute Gasteiger partial charge is 0.494 e. The van der Waals surface area contributed by atoms with Gasteiger partial charge in [0.25, 0.3) is 0 Å². The summed E-state index contributed by atoms with van der Waals surface area (Å²) in [6.45, 7) is 9.19. The lowest BCUT2D eigenvalue weighted by Crippen LogP contribution is -2.60. The summed E-state index contributed by atoms with van der Waals surface area (Å²) in [6, 6.07) is 12.0. The van der Waals surface area contributed by atoms with Gasteiger partial charge in [0.05, 0.1) is 47.3 Å². The van der Waals surface area contributed by atoms with Gasteiger partial charge in [-0.1, -0.05) is 23.7 Å².